The Morgan fingerprint density at radius 2 is 2.18 bits per heavy atom. The summed E-state index contributed by atoms with van der Waals surface area (Å²) in [5.41, 5.74) is 0.361. The van der Waals surface area contributed by atoms with E-state index in [0.717, 1.165) is 43.9 Å². The van der Waals surface area contributed by atoms with Crippen LogP contribution < -0.4 is 10.2 Å². The minimum Gasteiger partial charge on any atom is -0.437 e. The van der Waals surface area contributed by atoms with Gasteiger partial charge in [-0.3, -0.25) is 0 Å². The topological polar surface area (TPSA) is 28.4 Å². The molecule has 2 heterocycles. The van der Waals surface area contributed by atoms with Gasteiger partial charge in [-0.25, -0.2) is 4.39 Å². The number of halogens is 1. The molecule has 1 aliphatic rings. The van der Waals surface area contributed by atoms with E-state index < -0.39 is 0 Å². The maximum absolute atomic E-state index is 13.5. The van der Waals surface area contributed by atoms with Crippen LogP contribution in [0.3, 0.4) is 0 Å². The van der Waals surface area contributed by atoms with E-state index in [4.69, 9.17) is 4.42 Å². The Hall–Kier alpha value is -1.55. The molecule has 3 rings (SSSR count). The van der Waals surface area contributed by atoms with Crippen molar-refractivity contribution in [1.29, 1.82) is 0 Å². The molecule has 0 saturated carbocycles. The van der Waals surface area contributed by atoms with Crippen molar-refractivity contribution >= 4 is 16.9 Å². The summed E-state index contributed by atoms with van der Waals surface area (Å²) in [7, 11) is 0. The molecule has 0 spiro atoms. The number of para-hydroxylation sites is 1. The number of rotatable bonds is 1. The van der Waals surface area contributed by atoms with E-state index in [-0.39, 0.29) is 5.82 Å². The second kappa shape index (κ2) is 4.37. The number of nitrogens with one attached hydrogen (secondary N) is 1. The standard InChI is InChI=1S/C13H15FN2O/c14-11-4-1-3-10-9-12(17-13(10)11)16-7-2-5-15-6-8-16/h1,3-4,9,15H,2,5-8H2. The zero-order chi connectivity index (χ0) is 11.7. The molecule has 1 saturated heterocycles. The predicted molar refractivity (Wildman–Crippen MR) is 65.9 cm³/mol. The van der Waals surface area contributed by atoms with Gasteiger partial charge < -0.3 is 14.6 Å². The fourth-order valence-corrected chi connectivity index (χ4v) is 2.24. The number of anilines is 1. The number of hydrogen-bond donors (Lipinski definition) is 1. The lowest BCUT2D eigenvalue weighted by Gasteiger charge is -2.18. The van der Waals surface area contributed by atoms with Crippen LogP contribution in [0.15, 0.2) is 28.7 Å². The summed E-state index contributed by atoms with van der Waals surface area (Å²) in [6, 6.07) is 6.94. The third-order valence-corrected chi connectivity index (χ3v) is 3.13. The molecule has 0 atom stereocenters. The Morgan fingerprint density at radius 3 is 3.06 bits per heavy atom. The number of nitrogens with zero attached hydrogens (tertiary/aromatic N) is 1. The van der Waals surface area contributed by atoms with Gasteiger partial charge in [0.25, 0.3) is 0 Å². The highest BCUT2D eigenvalue weighted by molar-refractivity contribution is 5.81. The summed E-state index contributed by atoms with van der Waals surface area (Å²) in [5.74, 6) is 0.482. The summed E-state index contributed by atoms with van der Waals surface area (Å²) in [6.07, 6.45) is 1.08. The molecule has 1 aliphatic heterocycles. The summed E-state index contributed by atoms with van der Waals surface area (Å²) in [6.45, 7) is 3.83. The maximum Gasteiger partial charge on any atom is 0.196 e. The van der Waals surface area contributed by atoms with Crippen molar-refractivity contribution in [2.24, 2.45) is 0 Å². The van der Waals surface area contributed by atoms with Gasteiger partial charge in [0.05, 0.1) is 0 Å². The molecule has 1 N–H and O–H groups in total. The van der Waals surface area contributed by atoms with Crippen molar-refractivity contribution in [2.75, 3.05) is 31.1 Å². The molecule has 1 aromatic carbocycles. The Balaban J connectivity index is 1.96. The fraction of sp³-hybridized carbons (Fsp3) is 0.385. The first-order chi connectivity index (χ1) is 8.34. The number of benzene rings is 1. The molecule has 4 heteroatoms. The molecule has 90 valence electrons. The second-order valence-corrected chi connectivity index (χ2v) is 4.33. The third-order valence-electron chi connectivity index (χ3n) is 3.13. The van der Waals surface area contributed by atoms with Gasteiger partial charge in [0.15, 0.2) is 17.3 Å². The molecule has 0 unspecified atom stereocenters. The molecular formula is C13H15FN2O. The van der Waals surface area contributed by atoms with E-state index in [0.29, 0.717) is 5.58 Å². The van der Waals surface area contributed by atoms with Crippen LogP contribution in [0.2, 0.25) is 0 Å². The maximum atomic E-state index is 13.5. The summed E-state index contributed by atoms with van der Waals surface area (Å²) < 4.78 is 19.1. The number of fused-ring (bicyclic) bond motifs is 1. The quantitative estimate of drug-likeness (QED) is 0.821. The van der Waals surface area contributed by atoms with E-state index in [1.165, 1.54) is 6.07 Å². The number of hydrogen-bond acceptors (Lipinski definition) is 3. The lowest BCUT2D eigenvalue weighted by atomic mass is 10.2. The summed E-state index contributed by atoms with van der Waals surface area (Å²) >= 11 is 0. The van der Waals surface area contributed by atoms with Gasteiger partial charge in [-0.1, -0.05) is 12.1 Å². The van der Waals surface area contributed by atoms with E-state index in [2.05, 4.69) is 10.2 Å². The van der Waals surface area contributed by atoms with Gasteiger partial charge >= 0.3 is 0 Å². The van der Waals surface area contributed by atoms with Crippen molar-refractivity contribution in [3.8, 4) is 0 Å². The largest absolute Gasteiger partial charge is 0.437 e. The van der Waals surface area contributed by atoms with Crippen LogP contribution in [0.25, 0.3) is 11.0 Å². The minimum atomic E-state index is -0.290. The van der Waals surface area contributed by atoms with Gasteiger partial charge in [-0.2, -0.15) is 0 Å². The van der Waals surface area contributed by atoms with Crippen LogP contribution in [0.5, 0.6) is 0 Å². The molecule has 0 amide bonds. The molecule has 3 nitrogen and oxygen atoms in total. The van der Waals surface area contributed by atoms with Crippen molar-refractivity contribution in [3.63, 3.8) is 0 Å². The van der Waals surface area contributed by atoms with Crippen LogP contribution in [-0.4, -0.2) is 26.2 Å². The third kappa shape index (κ3) is 2.00. The summed E-state index contributed by atoms with van der Waals surface area (Å²) in [5, 5.41) is 4.17. The Morgan fingerprint density at radius 1 is 1.24 bits per heavy atom. The average molecular weight is 234 g/mol. The van der Waals surface area contributed by atoms with Gasteiger partial charge in [0.2, 0.25) is 0 Å². The molecule has 0 bridgehead atoms. The zero-order valence-electron chi connectivity index (χ0n) is 9.58. The van der Waals surface area contributed by atoms with Gasteiger partial charge in [-0.05, 0) is 19.0 Å². The molecular weight excluding hydrogens is 219 g/mol. The SMILES string of the molecule is Fc1cccc2cc(N3CCCNCC3)oc12. The van der Waals surface area contributed by atoms with Gasteiger partial charge in [0, 0.05) is 31.1 Å². The molecule has 17 heavy (non-hydrogen) atoms. The van der Waals surface area contributed by atoms with Crippen molar-refractivity contribution in [3.05, 3.63) is 30.1 Å². The van der Waals surface area contributed by atoms with Crippen LogP contribution in [-0.2, 0) is 0 Å². The summed E-state index contributed by atoms with van der Waals surface area (Å²) in [4.78, 5) is 2.17. The minimum absolute atomic E-state index is 0.290. The predicted octanol–water partition coefficient (Wildman–Crippen LogP) is 2.37. The van der Waals surface area contributed by atoms with Crippen molar-refractivity contribution < 1.29 is 8.81 Å². The zero-order valence-corrected chi connectivity index (χ0v) is 9.58. The molecule has 0 radical (unpaired) electrons. The highest BCUT2D eigenvalue weighted by Crippen LogP contribution is 2.28. The molecule has 2 aromatic rings. The fourth-order valence-electron chi connectivity index (χ4n) is 2.24. The van der Waals surface area contributed by atoms with Crippen LogP contribution >= 0.6 is 0 Å². The molecule has 0 aliphatic carbocycles. The Kier molecular flexibility index (Phi) is 2.73. The van der Waals surface area contributed by atoms with Crippen molar-refractivity contribution in [1.82, 2.24) is 5.32 Å². The van der Waals surface area contributed by atoms with E-state index >= 15 is 0 Å². The first-order valence-electron chi connectivity index (χ1n) is 5.98. The van der Waals surface area contributed by atoms with Gasteiger partial charge in [0.1, 0.15) is 0 Å². The highest BCUT2D eigenvalue weighted by Gasteiger charge is 2.15. The smallest absolute Gasteiger partial charge is 0.196 e. The number of furan rings is 1. The van der Waals surface area contributed by atoms with Crippen LogP contribution in [0.1, 0.15) is 6.42 Å². The lowest BCUT2D eigenvalue weighted by molar-refractivity contribution is 0.547. The normalized spacial score (nSPS) is 17.4. The Labute approximate surface area is 99.2 Å². The van der Waals surface area contributed by atoms with Crippen LogP contribution in [0, 0.1) is 5.82 Å². The average Bonchev–Trinajstić information content (AvgIpc) is 2.59. The molecule has 1 fully saturated rings. The van der Waals surface area contributed by atoms with Crippen molar-refractivity contribution in [2.45, 2.75) is 6.42 Å². The van der Waals surface area contributed by atoms with Gasteiger partial charge in [-0.15, -0.1) is 0 Å². The highest BCUT2D eigenvalue weighted by atomic mass is 19.1. The molecule has 1 aromatic heterocycles. The first-order valence-corrected chi connectivity index (χ1v) is 5.98. The van der Waals surface area contributed by atoms with E-state index in [1.807, 2.05) is 12.1 Å². The monoisotopic (exact) mass is 234 g/mol. The first kappa shape index (κ1) is 10.6. The van der Waals surface area contributed by atoms with E-state index in [9.17, 15) is 4.39 Å². The lowest BCUT2D eigenvalue weighted by Crippen LogP contribution is -2.27. The Bertz CT molecular complexity index is 515. The van der Waals surface area contributed by atoms with E-state index in [1.54, 1.807) is 6.07 Å². The second-order valence-electron chi connectivity index (χ2n) is 4.33. The van der Waals surface area contributed by atoms with Crippen LogP contribution in [0.4, 0.5) is 10.3 Å².